The largest absolute Gasteiger partial charge is 0.482 e. The lowest BCUT2D eigenvalue weighted by Gasteiger charge is -2.11. The fourth-order valence-corrected chi connectivity index (χ4v) is 1.87. The summed E-state index contributed by atoms with van der Waals surface area (Å²) in [5.74, 6) is 0.254. The molecule has 0 fully saturated rings. The molecule has 1 atom stereocenters. The molecule has 0 aliphatic carbocycles. The van der Waals surface area contributed by atoms with E-state index in [9.17, 15) is 4.79 Å². The van der Waals surface area contributed by atoms with Gasteiger partial charge in [0.2, 0.25) is 0 Å². The smallest absolute Gasteiger partial charge is 0.257 e. The van der Waals surface area contributed by atoms with Crippen molar-refractivity contribution in [1.29, 1.82) is 0 Å². The number of nitrogens with one attached hydrogen (secondary N) is 1. The molecule has 0 saturated carbocycles. The van der Waals surface area contributed by atoms with Gasteiger partial charge in [-0.3, -0.25) is 4.79 Å². The van der Waals surface area contributed by atoms with E-state index in [1.165, 1.54) is 0 Å². The lowest BCUT2D eigenvalue weighted by atomic mass is 10.2. The second kappa shape index (κ2) is 7.61. The maximum atomic E-state index is 11.4. The molecule has 0 radical (unpaired) electrons. The number of hydrogen-bond acceptors (Lipinski definition) is 3. The summed E-state index contributed by atoms with van der Waals surface area (Å²) in [6.07, 6.45) is 0. The van der Waals surface area contributed by atoms with E-state index in [1.54, 1.807) is 18.2 Å². The molecule has 0 bridgehead atoms. The topological polar surface area (TPSA) is 58.6 Å². The van der Waals surface area contributed by atoms with E-state index in [0.29, 0.717) is 17.3 Å². The lowest BCUT2D eigenvalue weighted by molar-refractivity contribution is -0.123. The Kier molecular flexibility index (Phi) is 6.46. The Hall–Kier alpha value is -0.780. The van der Waals surface area contributed by atoms with Gasteiger partial charge in [0.15, 0.2) is 6.61 Å². The fraction of sp³-hybridized carbons (Fsp3) is 0.417. The van der Waals surface area contributed by atoms with Crippen LogP contribution in [0.15, 0.2) is 22.7 Å². The van der Waals surface area contributed by atoms with Crippen molar-refractivity contribution >= 4 is 33.4 Å². The highest BCUT2D eigenvalue weighted by molar-refractivity contribution is 9.10. The summed E-state index contributed by atoms with van der Waals surface area (Å²) in [6.45, 7) is 2.21. The zero-order valence-corrected chi connectivity index (χ0v) is 12.3. The molecule has 0 aromatic heterocycles. The summed E-state index contributed by atoms with van der Waals surface area (Å²) in [7, 11) is 0. The molecule has 4 nitrogen and oxygen atoms in total. The first kappa shape index (κ1) is 15.3. The molecular formula is C12H15BrClNO3. The average Bonchev–Trinajstić information content (AvgIpc) is 2.34. The van der Waals surface area contributed by atoms with Gasteiger partial charge in [0.05, 0.1) is 5.02 Å². The molecule has 100 valence electrons. The fourth-order valence-electron chi connectivity index (χ4n) is 1.14. The quantitative estimate of drug-likeness (QED) is 0.837. The van der Waals surface area contributed by atoms with Crippen molar-refractivity contribution in [3.05, 3.63) is 27.7 Å². The van der Waals surface area contributed by atoms with Crippen molar-refractivity contribution in [3.63, 3.8) is 0 Å². The molecule has 1 aromatic carbocycles. The van der Waals surface area contributed by atoms with Crippen molar-refractivity contribution in [2.75, 3.05) is 19.8 Å². The number of ether oxygens (including phenoxy) is 1. The highest BCUT2D eigenvalue weighted by atomic mass is 79.9. The van der Waals surface area contributed by atoms with Crippen LogP contribution in [0, 0.1) is 5.92 Å². The number of benzene rings is 1. The zero-order chi connectivity index (χ0) is 13.5. The van der Waals surface area contributed by atoms with Crippen molar-refractivity contribution < 1.29 is 14.6 Å². The Bertz CT molecular complexity index is 414. The number of aliphatic hydroxyl groups excluding tert-OH is 1. The molecular weight excluding hydrogens is 321 g/mol. The summed E-state index contributed by atoms with van der Waals surface area (Å²) in [5.41, 5.74) is 0. The Labute approximate surface area is 119 Å². The van der Waals surface area contributed by atoms with Crippen LogP contribution < -0.4 is 10.1 Å². The van der Waals surface area contributed by atoms with Gasteiger partial charge in [-0.2, -0.15) is 0 Å². The Balaban J connectivity index is 2.38. The minimum absolute atomic E-state index is 0.0326. The monoisotopic (exact) mass is 335 g/mol. The molecule has 18 heavy (non-hydrogen) atoms. The van der Waals surface area contributed by atoms with Crippen LogP contribution in [-0.4, -0.2) is 30.8 Å². The third-order valence-corrected chi connectivity index (χ3v) is 3.00. The van der Waals surface area contributed by atoms with Crippen LogP contribution in [-0.2, 0) is 4.79 Å². The van der Waals surface area contributed by atoms with E-state index < -0.39 is 0 Å². The van der Waals surface area contributed by atoms with Crippen LogP contribution in [0.1, 0.15) is 6.92 Å². The average molecular weight is 337 g/mol. The molecule has 0 aliphatic heterocycles. The molecule has 1 amide bonds. The summed E-state index contributed by atoms with van der Waals surface area (Å²) < 4.78 is 6.14. The van der Waals surface area contributed by atoms with E-state index in [0.717, 1.165) is 4.47 Å². The first-order valence-electron chi connectivity index (χ1n) is 5.48. The predicted molar refractivity (Wildman–Crippen MR) is 73.9 cm³/mol. The molecule has 0 saturated heterocycles. The van der Waals surface area contributed by atoms with Crippen LogP contribution in [0.25, 0.3) is 0 Å². The lowest BCUT2D eigenvalue weighted by Crippen LogP contribution is -2.33. The number of hydrogen-bond donors (Lipinski definition) is 2. The number of carbonyl (C=O) groups is 1. The highest BCUT2D eigenvalue weighted by Gasteiger charge is 2.07. The molecule has 1 rings (SSSR count). The van der Waals surface area contributed by atoms with Gasteiger partial charge < -0.3 is 15.2 Å². The summed E-state index contributed by atoms with van der Waals surface area (Å²) in [4.78, 5) is 11.4. The Morgan fingerprint density at radius 2 is 2.33 bits per heavy atom. The molecule has 0 heterocycles. The number of rotatable bonds is 6. The van der Waals surface area contributed by atoms with Crippen molar-refractivity contribution in [2.45, 2.75) is 6.92 Å². The second-order valence-electron chi connectivity index (χ2n) is 3.96. The molecule has 6 heteroatoms. The van der Waals surface area contributed by atoms with Crippen molar-refractivity contribution in [2.24, 2.45) is 5.92 Å². The van der Waals surface area contributed by atoms with E-state index in [4.69, 9.17) is 21.4 Å². The van der Waals surface area contributed by atoms with Gasteiger partial charge in [0.25, 0.3) is 5.91 Å². The zero-order valence-electron chi connectivity index (χ0n) is 9.95. The standard InChI is InChI=1S/C12H15BrClNO3/c1-8(6-16)5-15-12(17)7-18-11-3-2-9(13)4-10(11)14/h2-4,8,16H,5-7H2,1H3,(H,15,17). The normalized spacial score (nSPS) is 12.0. The second-order valence-corrected chi connectivity index (χ2v) is 5.28. The third-order valence-electron chi connectivity index (χ3n) is 2.21. The Morgan fingerprint density at radius 1 is 1.61 bits per heavy atom. The summed E-state index contributed by atoms with van der Waals surface area (Å²) in [5, 5.41) is 11.9. The van der Waals surface area contributed by atoms with Crippen molar-refractivity contribution in [3.8, 4) is 5.75 Å². The van der Waals surface area contributed by atoms with Crippen LogP contribution in [0.4, 0.5) is 0 Å². The van der Waals surface area contributed by atoms with E-state index in [1.807, 2.05) is 6.92 Å². The predicted octanol–water partition coefficient (Wildman–Crippen LogP) is 2.23. The first-order chi connectivity index (χ1) is 8.52. The number of amides is 1. The van der Waals surface area contributed by atoms with Crippen LogP contribution >= 0.6 is 27.5 Å². The number of carbonyl (C=O) groups excluding carboxylic acids is 1. The van der Waals surface area contributed by atoms with Crippen LogP contribution in [0.5, 0.6) is 5.75 Å². The minimum atomic E-state index is -0.241. The maximum Gasteiger partial charge on any atom is 0.257 e. The van der Waals surface area contributed by atoms with Gasteiger partial charge in [0, 0.05) is 17.6 Å². The highest BCUT2D eigenvalue weighted by Crippen LogP contribution is 2.27. The van der Waals surface area contributed by atoms with Gasteiger partial charge in [-0.1, -0.05) is 34.5 Å². The third kappa shape index (κ3) is 5.25. The van der Waals surface area contributed by atoms with Crippen LogP contribution in [0.3, 0.4) is 0 Å². The molecule has 2 N–H and O–H groups in total. The maximum absolute atomic E-state index is 11.4. The number of aliphatic hydroxyl groups is 1. The SMILES string of the molecule is CC(CO)CNC(=O)COc1ccc(Br)cc1Cl. The number of halogens is 2. The summed E-state index contributed by atoms with van der Waals surface area (Å²) in [6, 6.07) is 5.17. The van der Waals surface area contributed by atoms with Gasteiger partial charge in [0.1, 0.15) is 5.75 Å². The van der Waals surface area contributed by atoms with Crippen molar-refractivity contribution in [1.82, 2.24) is 5.32 Å². The summed E-state index contributed by atoms with van der Waals surface area (Å²) >= 11 is 9.23. The molecule has 1 aromatic rings. The van der Waals surface area contributed by atoms with Gasteiger partial charge in [-0.25, -0.2) is 0 Å². The molecule has 0 spiro atoms. The van der Waals surface area contributed by atoms with Crippen LogP contribution in [0.2, 0.25) is 5.02 Å². The van der Waals surface area contributed by atoms with Gasteiger partial charge in [-0.15, -0.1) is 0 Å². The molecule has 0 aliphatic rings. The van der Waals surface area contributed by atoms with Gasteiger partial charge in [-0.05, 0) is 24.1 Å². The Morgan fingerprint density at radius 3 is 2.94 bits per heavy atom. The minimum Gasteiger partial charge on any atom is -0.482 e. The van der Waals surface area contributed by atoms with E-state index in [2.05, 4.69) is 21.2 Å². The van der Waals surface area contributed by atoms with Gasteiger partial charge >= 0.3 is 0 Å². The van der Waals surface area contributed by atoms with E-state index >= 15 is 0 Å². The molecule has 1 unspecified atom stereocenters. The first-order valence-corrected chi connectivity index (χ1v) is 6.65. The van der Waals surface area contributed by atoms with E-state index in [-0.39, 0.29) is 25.0 Å².